The number of nitrogens with zero attached hydrogens (tertiary/aromatic N) is 2. The maximum absolute atomic E-state index is 11.7. The summed E-state index contributed by atoms with van der Waals surface area (Å²) in [6.45, 7) is 3.67. The van der Waals surface area contributed by atoms with E-state index in [0.29, 0.717) is 0 Å². The lowest BCUT2D eigenvalue weighted by Crippen LogP contribution is -2.20. The van der Waals surface area contributed by atoms with Gasteiger partial charge in [-0.05, 0) is 13.8 Å². The van der Waals surface area contributed by atoms with Gasteiger partial charge >= 0.3 is 18.5 Å². The molecule has 0 aliphatic rings. The van der Waals surface area contributed by atoms with Crippen LogP contribution in [0.2, 0.25) is 0 Å². The molecule has 1 N–H and O–H groups in total. The van der Waals surface area contributed by atoms with Gasteiger partial charge in [-0.1, -0.05) is 5.16 Å². The van der Waals surface area contributed by atoms with Gasteiger partial charge in [0.2, 0.25) is 5.71 Å². The normalized spacial score (nSPS) is 10.7. The number of amides is 1. The lowest BCUT2D eigenvalue weighted by atomic mass is 10.3. The fourth-order valence-electron chi connectivity index (χ4n) is 1.16. The van der Waals surface area contributed by atoms with E-state index < -0.39 is 12.1 Å². The summed E-state index contributed by atoms with van der Waals surface area (Å²) in [5.74, 6) is -0.799. The SMILES string of the molecule is CCOC(=O)Nc1nc(C(=NOC=O)C(=O)OCC)cs1. The number of esters is 1. The minimum Gasteiger partial charge on any atom is -0.461 e. The van der Waals surface area contributed by atoms with Crippen LogP contribution < -0.4 is 5.32 Å². The maximum Gasteiger partial charge on any atom is 0.413 e. The number of nitrogens with one attached hydrogen (secondary N) is 1. The van der Waals surface area contributed by atoms with Gasteiger partial charge in [0, 0.05) is 5.38 Å². The fourth-order valence-corrected chi connectivity index (χ4v) is 1.84. The van der Waals surface area contributed by atoms with Gasteiger partial charge in [0.15, 0.2) is 5.13 Å². The van der Waals surface area contributed by atoms with Crippen LogP contribution in [0.1, 0.15) is 19.5 Å². The number of oxime groups is 1. The fraction of sp³-hybridized carbons (Fsp3) is 0.364. The Bertz CT molecular complexity index is 542. The van der Waals surface area contributed by atoms with E-state index in [2.05, 4.69) is 20.3 Å². The highest BCUT2D eigenvalue weighted by Gasteiger charge is 2.20. The van der Waals surface area contributed by atoms with E-state index in [1.165, 1.54) is 5.38 Å². The first-order valence-electron chi connectivity index (χ1n) is 5.86. The number of aromatic nitrogens is 1. The lowest BCUT2D eigenvalue weighted by molar-refractivity contribution is -0.135. The average Bonchev–Trinajstić information content (AvgIpc) is 2.88. The largest absolute Gasteiger partial charge is 0.461 e. The average molecular weight is 315 g/mol. The van der Waals surface area contributed by atoms with Gasteiger partial charge in [0.05, 0.1) is 13.2 Å². The van der Waals surface area contributed by atoms with Gasteiger partial charge in [-0.15, -0.1) is 11.3 Å². The van der Waals surface area contributed by atoms with Crippen LogP contribution in [0, 0.1) is 0 Å². The number of ether oxygens (including phenoxy) is 2. The predicted molar refractivity (Wildman–Crippen MR) is 73.1 cm³/mol. The highest BCUT2D eigenvalue weighted by molar-refractivity contribution is 7.14. The molecule has 1 amide bonds. The molecule has 0 aromatic carbocycles. The Morgan fingerprint density at radius 1 is 1.38 bits per heavy atom. The first-order chi connectivity index (χ1) is 10.1. The van der Waals surface area contributed by atoms with Gasteiger partial charge in [-0.2, -0.15) is 0 Å². The molecular weight excluding hydrogens is 302 g/mol. The smallest absolute Gasteiger partial charge is 0.413 e. The molecular formula is C11H13N3O6S. The van der Waals surface area contributed by atoms with Crippen LogP contribution in [0.15, 0.2) is 10.5 Å². The number of thiazole rings is 1. The molecule has 0 saturated carbocycles. The first kappa shape index (κ1) is 16.6. The molecule has 0 aliphatic heterocycles. The summed E-state index contributed by atoms with van der Waals surface area (Å²) < 4.78 is 9.46. The molecule has 114 valence electrons. The zero-order valence-corrected chi connectivity index (χ0v) is 12.1. The molecule has 1 rings (SSSR count). The quantitative estimate of drug-likeness (QED) is 0.264. The van der Waals surface area contributed by atoms with Crippen LogP contribution in [0.3, 0.4) is 0 Å². The van der Waals surface area contributed by atoms with E-state index >= 15 is 0 Å². The monoisotopic (exact) mass is 315 g/mol. The van der Waals surface area contributed by atoms with Crippen LogP contribution in [0.5, 0.6) is 0 Å². The minimum absolute atomic E-state index is 0.0589. The second-order valence-electron chi connectivity index (χ2n) is 3.25. The molecule has 21 heavy (non-hydrogen) atoms. The predicted octanol–water partition coefficient (Wildman–Crippen LogP) is 1.15. The molecule has 0 radical (unpaired) electrons. The summed E-state index contributed by atoms with van der Waals surface area (Å²) in [4.78, 5) is 41.3. The zero-order chi connectivity index (χ0) is 15.7. The standard InChI is InChI=1S/C11H13N3O6S/c1-3-18-9(16)8(14-20-6-15)7-5-21-10(12-7)13-11(17)19-4-2/h5-6H,3-4H2,1-2H3,(H,12,13,17). The number of hydrogen-bond donors (Lipinski definition) is 1. The third-order valence-corrected chi connectivity index (χ3v) is 2.64. The Labute approximate surface area is 123 Å². The first-order valence-corrected chi connectivity index (χ1v) is 6.74. The summed E-state index contributed by atoms with van der Waals surface area (Å²) in [7, 11) is 0. The van der Waals surface area contributed by atoms with Crippen molar-refractivity contribution in [3.8, 4) is 0 Å². The Hall–Kier alpha value is -2.49. The maximum atomic E-state index is 11.7. The molecule has 0 atom stereocenters. The third-order valence-electron chi connectivity index (χ3n) is 1.89. The van der Waals surface area contributed by atoms with Crippen molar-refractivity contribution >= 4 is 40.7 Å². The Balaban J connectivity index is 2.89. The van der Waals surface area contributed by atoms with Gasteiger partial charge in [-0.3, -0.25) is 10.1 Å². The van der Waals surface area contributed by atoms with Crippen LogP contribution >= 0.6 is 11.3 Å². The summed E-state index contributed by atoms with van der Waals surface area (Å²) in [5.41, 5.74) is -0.177. The van der Waals surface area contributed by atoms with Crippen molar-refractivity contribution < 1.29 is 28.7 Å². The van der Waals surface area contributed by atoms with E-state index in [1.54, 1.807) is 13.8 Å². The third kappa shape index (κ3) is 5.18. The highest BCUT2D eigenvalue weighted by Crippen LogP contribution is 2.17. The van der Waals surface area contributed by atoms with Crippen LogP contribution in [-0.2, 0) is 23.9 Å². The zero-order valence-electron chi connectivity index (χ0n) is 11.3. The molecule has 1 aromatic heterocycles. The van der Waals surface area contributed by atoms with Crippen molar-refractivity contribution in [1.29, 1.82) is 0 Å². The summed E-state index contributed by atoms with van der Waals surface area (Å²) in [6.07, 6.45) is -0.669. The van der Waals surface area contributed by atoms with E-state index in [4.69, 9.17) is 9.47 Å². The molecule has 0 bridgehead atoms. The van der Waals surface area contributed by atoms with Gasteiger partial charge in [0.1, 0.15) is 5.69 Å². The Kier molecular flexibility index (Phi) is 6.81. The molecule has 9 nitrogen and oxygen atoms in total. The summed E-state index contributed by atoms with van der Waals surface area (Å²) in [6, 6.07) is 0. The molecule has 0 unspecified atom stereocenters. The molecule has 1 aromatic rings. The summed E-state index contributed by atoms with van der Waals surface area (Å²) >= 11 is 1.05. The van der Waals surface area contributed by atoms with E-state index in [1.807, 2.05) is 0 Å². The van der Waals surface area contributed by atoms with Crippen molar-refractivity contribution in [1.82, 2.24) is 4.98 Å². The van der Waals surface area contributed by atoms with Crippen molar-refractivity contribution in [3.63, 3.8) is 0 Å². The lowest BCUT2D eigenvalue weighted by Gasteiger charge is -2.02. The van der Waals surface area contributed by atoms with Crippen molar-refractivity contribution in [2.45, 2.75) is 13.8 Å². The minimum atomic E-state index is -0.799. The second-order valence-corrected chi connectivity index (χ2v) is 4.10. The van der Waals surface area contributed by atoms with Gasteiger partial charge in [0.25, 0.3) is 0 Å². The molecule has 10 heteroatoms. The summed E-state index contributed by atoms with van der Waals surface area (Å²) in [5, 5.41) is 7.36. The van der Waals surface area contributed by atoms with Gasteiger partial charge < -0.3 is 14.3 Å². The number of rotatable bonds is 7. The topological polar surface area (TPSA) is 116 Å². The van der Waals surface area contributed by atoms with Crippen molar-refractivity contribution in [2.24, 2.45) is 5.16 Å². The Morgan fingerprint density at radius 3 is 2.71 bits per heavy atom. The van der Waals surface area contributed by atoms with Gasteiger partial charge in [-0.25, -0.2) is 14.6 Å². The van der Waals surface area contributed by atoms with E-state index in [0.717, 1.165) is 11.3 Å². The van der Waals surface area contributed by atoms with E-state index in [9.17, 15) is 14.4 Å². The number of carbonyl (C=O) groups excluding carboxylic acids is 3. The molecule has 0 saturated heterocycles. The number of anilines is 1. The molecule has 0 aliphatic carbocycles. The van der Waals surface area contributed by atoms with Crippen molar-refractivity contribution in [2.75, 3.05) is 18.5 Å². The molecule has 0 spiro atoms. The van der Waals surface area contributed by atoms with Crippen LogP contribution in [0.25, 0.3) is 0 Å². The highest BCUT2D eigenvalue weighted by atomic mass is 32.1. The Morgan fingerprint density at radius 2 is 2.10 bits per heavy atom. The second kappa shape index (κ2) is 8.64. The van der Waals surface area contributed by atoms with Crippen LogP contribution in [-0.4, -0.2) is 42.4 Å². The van der Waals surface area contributed by atoms with E-state index in [-0.39, 0.29) is 36.2 Å². The van der Waals surface area contributed by atoms with Crippen molar-refractivity contribution in [3.05, 3.63) is 11.1 Å². The molecule has 0 fully saturated rings. The molecule has 1 heterocycles. The number of carbonyl (C=O) groups is 3. The van der Waals surface area contributed by atoms with Crippen LogP contribution in [0.4, 0.5) is 9.93 Å². The number of hydrogen-bond acceptors (Lipinski definition) is 9.